The minimum absolute atomic E-state index is 0.396. The molecule has 8 heteroatoms. The minimum Gasteiger partial charge on any atom is -0.492 e. The van der Waals surface area contributed by atoms with Gasteiger partial charge < -0.3 is 10.1 Å². The van der Waals surface area contributed by atoms with Gasteiger partial charge in [0.25, 0.3) is 0 Å². The zero-order valence-corrected chi connectivity index (χ0v) is 15.8. The summed E-state index contributed by atoms with van der Waals surface area (Å²) in [6, 6.07) is 6.89. The summed E-state index contributed by atoms with van der Waals surface area (Å²) >= 11 is 0. The maximum absolute atomic E-state index is 13.7. The number of hydrogen-bond acceptors (Lipinski definition) is 6. The molecule has 0 aliphatic heterocycles. The molecule has 1 N–H and O–H groups in total. The van der Waals surface area contributed by atoms with Gasteiger partial charge in [-0.2, -0.15) is 0 Å². The summed E-state index contributed by atoms with van der Waals surface area (Å²) in [5, 5.41) is 3.72. The van der Waals surface area contributed by atoms with Crippen molar-refractivity contribution in [1.29, 1.82) is 0 Å². The van der Waals surface area contributed by atoms with Crippen LogP contribution in [0.1, 0.15) is 6.92 Å². The molecular formula is C21H17F2N5O. The van der Waals surface area contributed by atoms with Crippen LogP contribution in [0.2, 0.25) is 0 Å². The van der Waals surface area contributed by atoms with Crippen LogP contribution >= 0.6 is 0 Å². The molecule has 0 aliphatic carbocycles. The summed E-state index contributed by atoms with van der Waals surface area (Å²) < 4.78 is 33.3. The van der Waals surface area contributed by atoms with Crippen molar-refractivity contribution in [3.05, 3.63) is 60.7 Å². The summed E-state index contributed by atoms with van der Waals surface area (Å²) in [5.41, 5.74) is 2.22. The first-order valence-electron chi connectivity index (χ1n) is 8.97. The Bertz CT molecular complexity index is 1160. The molecule has 0 unspecified atom stereocenters. The van der Waals surface area contributed by atoms with Crippen molar-refractivity contribution in [2.24, 2.45) is 0 Å². The van der Waals surface area contributed by atoms with E-state index in [0.717, 1.165) is 6.07 Å². The molecule has 0 fully saturated rings. The second-order valence-electron chi connectivity index (χ2n) is 6.23. The van der Waals surface area contributed by atoms with E-state index >= 15 is 0 Å². The molecule has 4 aromatic rings. The zero-order chi connectivity index (χ0) is 20.4. The number of nitrogens with one attached hydrogen (secondary N) is 1. The van der Waals surface area contributed by atoms with Crippen LogP contribution in [0.15, 0.2) is 49.1 Å². The number of anilines is 1. The quantitative estimate of drug-likeness (QED) is 0.539. The zero-order valence-electron chi connectivity index (χ0n) is 15.8. The van der Waals surface area contributed by atoms with Gasteiger partial charge in [0, 0.05) is 30.9 Å². The number of ether oxygens (including phenoxy) is 1. The van der Waals surface area contributed by atoms with Crippen molar-refractivity contribution in [3.63, 3.8) is 0 Å². The topological polar surface area (TPSA) is 72.8 Å². The van der Waals surface area contributed by atoms with E-state index in [9.17, 15) is 8.78 Å². The van der Waals surface area contributed by atoms with Crippen molar-refractivity contribution in [3.8, 4) is 28.3 Å². The van der Waals surface area contributed by atoms with Gasteiger partial charge in [0.1, 0.15) is 35.0 Å². The van der Waals surface area contributed by atoms with Gasteiger partial charge in [-0.05, 0) is 42.3 Å². The lowest BCUT2D eigenvalue weighted by atomic mass is 10.0. The summed E-state index contributed by atoms with van der Waals surface area (Å²) in [5.74, 6) is 0.174. The van der Waals surface area contributed by atoms with Gasteiger partial charge in [-0.25, -0.2) is 28.7 Å². The molecule has 0 radical (unpaired) electrons. The highest BCUT2D eigenvalue weighted by atomic mass is 19.1. The Morgan fingerprint density at radius 3 is 2.24 bits per heavy atom. The summed E-state index contributed by atoms with van der Waals surface area (Å²) in [7, 11) is 1.74. The summed E-state index contributed by atoms with van der Waals surface area (Å²) in [6.45, 7) is 2.26. The standard InChI is InChI=1S/C21H17F2N5O/c1-3-29-18-7-13(12-4-15(22)8-16(23)5-12)6-17-19(18)27-20(28-21(17)24-2)14-9-25-11-26-10-14/h4-11H,3H2,1-2H3,(H,24,27,28). The number of hydrogen-bond donors (Lipinski definition) is 1. The fourth-order valence-electron chi connectivity index (χ4n) is 3.09. The van der Waals surface area contributed by atoms with Crippen LogP contribution in [0.4, 0.5) is 14.6 Å². The molecule has 0 amide bonds. The molecule has 0 saturated carbocycles. The predicted octanol–water partition coefficient (Wildman–Crippen LogP) is 4.47. The second-order valence-corrected chi connectivity index (χ2v) is 6.23. The fraction of sp³-hybridized carbons (Fsp3) is 0.143. The van der Waals surface area contributed by atoms with E-state index < -0.39 is 11.6 Å². The van der Waals surface area contributed by atoms with Crippen LogP contribution in [0.25, 0.3) is 33.4 Å². The Morgan fingerprint density at radius 1 is 0.897 bits per heavy atom. The second kappa shape index (κ2) is 7.75. The van der Waals surface area contributed by atoms with Crippen LogP contribution < -0.4 is 10.1 Å². The molecule has 146 valence electrons. The highest BCUT2D eigenvalue weighted by Gasteiger charge is 2.16. The van der Waals surface area contributed by atoms with Crippen LogP contribution in [-0.4, -0.2) is 33.6 Å². The number of fused-ring (bicyclic) bond motifs is 1. The molecule has 2 aromatic heterocycles. The van der Waals surface area contributed by atoms with Gasteiger partial charge in [0.05, 0.1) is 12.2 Å². The van der Waals surface area contributed by atoms with Crippen LogP contribution in [-0.2, 0) is 0 Å². The van der Waals surface area contributed by atoms with Crippen molar-refractivity contribution < 1.29 is 13.5 Å². The summed E-state index contributed by atoms with van der Waals surface area (Å²) in [4.78, 5) is 17.2. The third-order valence-electron chi connectivity index (χ3n) is 4.32. The number of benzene rings is 2. The normalized spacial score (nSPS) is 10.9. The van der Waals surface area contributed by atoms with E-state index in [1.165, 1.54) is 18.5 Å². The van der Waals surface area contributed by atoms with E-state index in [2.05, 4.69) is 25.3 Å². The number of aromatic nitrogens is 4. The molecule has 29 heavy (non-hydrogen) atoms. The Hall–Kier alpha value is -3.68. The van der Waals surface area contributed by atoms with E-state index in [0.29, 0.717) is 51.6 Å². The lowest BCUT2D eigenvalue weighted by molar-refractivity contribution is 0.344. The molecule has 0 atom stereocenters. The molecular weight excluding hydrogens is 376 g/mol. The van der Waals surface area contributed by atoms with E-state index in [1.54, 1.807) is 31.6 Å². The van der Waals surface area contributed by atoms with E-state index in [1.807, 2.05) is 6.92 Å². The number of halogens is 2. The first-order chi connectivity index (χ1) is 14.1. The molecule has 0 saturated heterocycles. The molecule has 2 aromatic carbocycles. The fourth-order valence-corrected chi connectivity index (χ4v) is 3.09. The Morgan fingerprint density at radius 2 is 1.59 bits per heavy atom. The van der Waals surface area contributed by atoms with Gasteiger partial charge >= 0.3 is 0 Å². The van der Waals surface area contributed by atoms with Gasteiger partial charge in [-0.1, -0.05) is 0 Å². The van der Waals surface area contributed by atoms with Crippen molar-refractivity contribution in [2.75, 3.05) is 19.0 Å². The predicted molar refractivity (Wildman–Crippen MR) is 107 cm³/mol. The molecule has 6 nitrogen and oxygen atoms in total. The smallest absolute Gasteiger partial charge is 0.165 e. The van der Waals surface area contributed by atoms with Gasteiger partial charge in [0.15, 0.2) is 5.82 Å². The number of nitrogens with zero attached hydrogens (tertiary/aromatic N) is 4. The minimum atomic E-state index is -0.650. The first-order valence-corrected chi connectivity index (χ1v) is 8.97. The number of rotatable bonds is 5. The van der Waals surface area contributed by atoms with Gasteiger partial charge in [-0.3, -0.25) is 0 Å². The van der Waals surface area contributed by atoms with Crippen LogP contribution in [0.5, 0.6) is 5.75 Å². The molecule has 0 aliphatic rings. The van der Waals surface area contributed by atoms with E-state index in [4.69, 9.17) is 4.74 Å². The lowest BCUT2D eigenvalue weighted by Gasteiger charge is -2.14. The SMILES string of the molecule is CCOc1cc(-c2cc(F)cc(F)c2)cc2c(NC)nc(-c3cncnc3)nc12. The molecule has 0 bridgehead atoms. The molecule has 0 spiro atoms. The van der Waals surface area contributed by atoms with Crippen molar-refractivity contribution in [2.45, 2.75) is 6.92 Å². The van der Waals surface area contributed by atoms with Crippen LogP contribution in [0.3, 0.4) is 0 Å². The highest BCUT2D eigenvalue weighted by Crippen LogP contribution is 2.36. The Labute approximate surface area is 165 Å². The molecule has 4 rings (SSSR count). The van der Waals surface area contributed by atoms with Gasteiger partial charge in [-0.15, -0.1) is 0 Å². The lowest BCUT2D eigenvalue weighted by Crippen LogP contribution is -2.02. The monoisotopic (exact) mass is 393 g/mol. The van der Waals surface area contributed by atoms with Crippen molar-refractivity contribution >= 4 is 16.7 Å². The average Bonchev–Trinajstić information content (AvgIpc) is 2.73. The van der Waals surface area contributed by atoms with Crippen LogP contribution in [0, 0.1) is 11.6 Å². The van der Waals surface area contributed by atoms with E-state index in [-0.39, 0.29) is 0 Å². The maximum atomic E-state index is 13.7. The third-order valence-corrected chi connectivity index (χ3v) is 4.32. The average molecular weight is 393 g/mol. The highest BCUT2D eigenvalue weighted by molar-refractivity contribution is 5.97. The van der Waals surface area contributed by atoms with Crippen molar-refractivity contribution in [1.82, 2.24) is 19.9 Å². The Balaban J connectivity index is 1.98. The van der Waals surface area contributed by atoms with Gasteiger partial charge in [0.2, 0.25) is 0 Å². The maximum Gasteiger partial charge on any atom is 0.165 e. The Kier molecular flexibility index (Phi) is 4.99. The largest absolute Gasteiger partial charge is 0.492 e. The third kappa shape index (κ3) is 3.69. The summed E-state index contributed by atoms with van der Waals surface area (Å²) in [6.07, 6.45) is 4.68. The molecule has 2 heterocycles. The first kappa shape index (κ1) is 18.7.